The molecule has 0 saturated heterocycles. The van der Waals surface area contributed by atoms with Crippen LogP contribution < -0.4 is 4.74 Å². The number of rotatable bonds is 6. The number of likely N-dealkylation sites (N-methyl/N-ethyl adjacent to an activating group) is 1. The van der Waals surface area contributed by atoms with Crippen LogP contribution in [0.15, 0.2) is 35.3 Å². The fraction of sp³-hybridized carbons (Fsp3) is 0.214. The molecule has 1 N–H and O–H groups in total. The first kappa shape index (κ1) is 15.0. The van der Waals surface area contributed by atoms with E-state index in [1.807, 2.05) is 16.8 Å². The van der Waals surface area contributed by atoms with Gasteiger partial charge in [-0.2, -0.15) is 11.3 Å². The van der Waals surface area contributed by atoms with Crippen molar-refractivity contribution in [3.63, 3.8) is 0 Å². The molecule has 2 aromatic rings. The lowest BCUT2D eigenvalue weighted by Gasteiger charge is -2.17. The lowest BCUT2D eigenvalue weighted by molar-refractivity contribution is -0.132. The number of carbonyl (C=O) groups excluding carboxylic acids is 1. The summed E-state index contributed by atoms with van der Waals surface area (Å²) in [6.45, 7) is 0.261. The standard InChI is InChI=1S/C14H14N2O4S/c1-16(7-10-3-5-21-9-10)13(17)8-20-12-6-15-4-2-11(12)14(18)19/h2-6,9H,7-8H2,1H3,(H,18,19). The van der Waals surface area contributed by atoms with Crippen molar-refractivity contribution in [2.75, 3.05) is 13.7 Å². The Balaban J connectivity index is 1.93. The van der Waals surface area contributed by atoms with Gasteiger partial charge in [0.15, 0.2) is 12.4 Å². The lowest BCUT2D eigenvalue weighted by Crippen LogP contribution is -2.31. The average molecular weight is 306 g/mol. The zero-order valence-electron chi connectivity index (χ0n) is 11.4. The summed E-state index contributed by atoms with van der Waals surface area (Å²) in [5.74, 6) is -1.27. The van der Waals surface area contributed by atoms with Crippen molar-refractivity contribution in [1.82, 2.24) is 9.88 Å². The topological polar surface area (TPSA) is 79.7 Å². The summed E-state index contributed by atoms with van der Waals surface area (Å²) in [7, 11) is 1.67. The van der Waals surface area contributed by atoms with Crippen LogP contribution in [0.25, 0.3) is 0 Å². The minimum atomic E-state index is -1.12. The second-order valence-corrected chi connectivity index (χ2v) is 5.13. The number of carboxylic acids is 1. The normalized spacial score (nSPS) is 10.1. The van der Waals surface area contributed by atoms with Gasteiger partial charge >= 0.3 is 5.97 Å². The highest BCUT2D eigenvalue weighted by Gasteiger charge is 2.14. The summed E-state index contributed by atoms with van der Waals surface area (Å²) < 4.78 is 5.27. The zero-order valence-corrected chi connectivity index (χ0v) is 12.2. The maximum Gasteiger partial charge on any atom is 0.339 e. The summed E-state index contributed by atoms with van der Waals surface area (Å²) in [6, 6.07) is 3.27. The molecule has 1 amide bonds. The summed E-state index contributed by atoms with van der Waals surface area (Å²) in [4.78, 5) is 28.3. The molecule has 0 aliphatic heterocycles. The van der Waals surface area contributed by atoms with E-state index in [2.05, 4.69) is 4.98 Å². The first-order valence-corrected chi connectivity index (χ1v) is 7.07. The number of carboxylic acid groups (broad SMARTS) is 1. The lowest BCUT2D eigenvalue weighted by atomic mass is 10.2. The van der Waals surface area contributed by atoms with E-state index in [0.29, 0.717) is 6.54 Å². The SMILES string of the molecule is CN(Cc1ccsc1)C(=O)COc1cnccc1C(=O)O. The van der Waals surface area contributed by atoms with Crippen LogP contribution in [0, 0.1) is 0 Å². The van der Waals surface area contributed by atoms with E-state index >= 15 is 0 Å². The third-order valence-corrected chi connectivity index (χ3v) is 3.52. The van der Waals surface area contributed by atoms with Gasteiger partial charge in [-0.05, 0) is 28.5 Å². The summed E-state index contributed by atoms with van der Waals surface area (Å²) in [6.07, 6.45) is 2.65. The van der Waals surface area contributed by atoms with Gasteiger partial charge in [-0.3, -0.25) is 9.78 Å². The van der Waals surface area contributed by atoms with Crippen LogP contribution in [0.1, 0.15) is 15.9 Å². The number of ether oxygens (including phenoxy) is 1. The molecule has 0 bridgehead atoms. The van der Waals surface area contributed by atoms with Crippen molar-refractivity contribution in [2.24, 2.45) is 0 Å². The molecule has 0 spiro atoms. The predicted octanol–water partition coefficient (Wildman–Crippen LogP) is 1.88. The van der Waals surface area contributed by atoms with E-state index < -0.39 is 5.97 Å². The molecule has 2 aromatic heterocycles. The molecule has 0 aliphatic carbocycles. The number of aromatic nitrogens is 1. The van der Waals surface area contributed by atoms with Gasteiger partial charge in [-0.25, -0.2) is 4.79 Å². The fourth-order valence-electron chi connectivity index (χ4n) is 1.67. The molecule has 0 saturated carbocycles. The van der Waals surface area contributed by atoms with Crippen LogP contribution in [-0.2, 0) is 11.3 Å². The Kier molecular flexibility index (Phi) is 4.89. The maximum absolute atomic E-state index is 12.0. The van der Waals surface area contributed by atoms with Gasteiger partial charge in [0, 0.05) is 19.8 Å². The third kappa shape index (κ3) is 4.03. The van der Waals surface area contributed by atoms with Gasteiger partial charge in [-0.1, -0.05) is 0 Å². The number of aromatic carboxylic acids is 1. The Labute approximate surface area is 125 Å². The third-order valence-electron chi connectivity index (χ3n) is 2.79. The van der Waals surface area contributed by atoms with Crippen LogP contribution >= 0.6 is 11.3 Å². The van der Waals surface area contributed by atoms with Crippen LogP contribution in [0.4, 0.5) is 0 Å². The van der Waals surface area contributed by atoms with Gasteiger partial charge in [0.25, 0.3) is 5.91 Å². The molecule has 7 heteroatoms. The van der Waals surface area contributed by atoms with Gasteiger partial charge in [0.05, 0.1) is 6.20 Å². The highest BCUT2D eigenvalue weighted by Crippen LogP contribution is 2.16. The Bertz CT molecular complexity index is 628. The van der Waals surface area contributed by atoms with E-state index in [0.717, 1.165) is 5.56 Å². The molecule has 0 unspecified atom stereocenters. The summed E-state index contributed by atoms with van der Waals surface area (Å²) >= 11 is 1.57. The van der Waals surface area contributed by atoms with Crippen molar-refractivity contribution in [2.45, 2.75) is 6.54 Å². The Morgan fingerprint density at radius 1 is 1.43 bits per heavy atom. The predicted molar refractivity (Wildman–Crippen MR) is 77.5 cm³/mol. The Hall–Kier alpha value is -2.41. The average Bonchev–Trinajstić information content (AvgIpc) is 2.97. The van der Waals surface area contributed by atoms with E-state index in [9.17, 15) is 9.59 Å². The smallest absolute Gasteiger partial charge is 0.339 e. The molecule has 0 atom stereocenters. The number of amides is 1. The van der Waals surface area contributed by atoms with Crippen molar-refractivity contribution in [3.05, 3.63) is 46.4 Å². The monoisotopic (exact) mass is 306 g/mol. The van der Waals surface area contributed by atoms with E-state index in [-0.39, 0.29) is 23.8 Å². The summed E-state index contributed by atoms with van der Waals surface area (Å²) in [5, 5.41) is 12.9. The van der Waals surface area contributed by atoms with Crippen LogP contribution in [0.3, 0.4) is 0 Å². The molecule has 110 valence electrons. The molecule has 0 aromatic carbocycles. The van der Waals surface area contributed by atoms with Crippen molar-refractivity contribution < 1.29 is 19.4 Å². The fourth-order valence-corrected chi connectivity index (χ4v) is 2.33. The van der Waals surface area contributed by atoms with Crippen LogP contribution in [-0.4, -0.2) is 40.5 Å². The molecule has 2 rings (SSSR count). The van der Waals surface area contributed by atoms with Gasteiger partial charge < -0.3 is 14.7 Å². The highest BCUT2D eigenvalue weighted by molar-refractivity contribution is 7.07. The molecular formula is C14H14N2O4S. The van der Waals surface area contributed by atoms with Crippen molar-refractivity contribution in [3.8, 4) is 5.75 Å². The molecule has 21 heavy (non-hydrogen) atoms. The Morgan fingerprint density at radius 3 is 2.90 bits per heavy atom. The first-order valence-electron chi connectivity index (χ1n) is 6.13. The molecule has 2 heterocycles. The highest BCUT2D eigenvalue weighted by atomic mass is 32.1. The number of pyridine rings is 1. The molecule has 0 aliphatic rings. The number of nitrogens with zero attached hydrogens (tertiary/aromatic N) is 2. The van der Waals surface area contributed by atoms with Gasteiger partial charge in [-0.15, -0.1) is 0 Å². The molecule has 0 radical (unpaired) electrons. The Morgan fingerprint density at radius 2 is 2.24 bits per heavy atom. The minimum Gasteiger partial charge on any atom is -0.481 e. The second-order valence-electron chi connectivity index (χ2n) is 4.35. The summed E-state index contributed by atoms with van der Waals surface area (Å²) in [5.41, 5.74) is 1.03. The zero-order chi connectivity index (χ0) is 15.2. The van der Waals surface area contributed by atoms with Crippen LogP contribution in [0.5, 0.6) is 5.75 Å². The number of hydrogen-bond donors (Lipinski definition) is 1. The first-order chi connectivity index (χ1) is 10.1. The van der Waals surface area contributed by atoms with Gasteiger partial charge in [0.2, 0.25) is 0 Å². The van der Waals surface area contributed by atoms with Crippen molar-refractivity contribution >= 4 is 23.2 Å². The number of thiophene rings is 1. The quantitative estimate of drug-likeness (QED) is 0.881. The van der Waals surface area contributed by atoms with Crippen molar-refractivity contribution in [1.29, 1.82) is 0 Å². The largest absolute Gasteiger partial charge is 0.481 e. The van der Waals surface area contributed by atoms with E-state index in [4.69, 9.17) is 9.84 Å². The van der Waals surface area contributed by atoms with Gasteiger partial charge in [0.1, 0.15) is 5.56 Å². The van der Waals surface area contributed by atoms with E-state index in [1.54, 1.807) is 18.4 Å². The number of carbonyl (C=O) groups is 2. The maximum atomic E-state index is 12.0. The van der Waals surface area contributed by atoms with E-state index in [1.165, 1.54) is 23.4 Å². The second kappa shape index (κ2) is 6.85. The molecule has 0 fully saturated rings. The van der Waals surface area contributed by atoms with Crippen LogP contribution in [0.2, 0.25) is 0 Å². The molecular weight excluding hydrogens is 292 g/mol. The minimum absolute atomic E-state index is 0.0155. The molecule has 6 nitrogen and oxygen atoms in total. The number of hydrogen-bond acceptors (Lipinski definition) is 5.